The average molecular weight is 257 g/mol. The molecule has 0 amide bonds. The first-order chi connectivity index (χ1) is 9.15. The minimum absolute atomic E-state index is 0.251. The summed E-state index contributed by atoms with van der Waals surface area (Å²) in [5.74, 6) is 0.0962. The molecule has 6 heteroatoms. The molecule has 0 aliphatic heterocycles. The van der Waals surface area contributed by atoms with E-state index in [0.29, 0.717) is 23.5 Å². The molecule has 0 saturated heterocycles. The molecular weight excluding hydrogens is 245 g/mol. The Morgan fingerprint density at radius 3 is 2.95 bits per heavy atom. The molecule has 19 heavy (non-hydrogen) atoms. The Bertz CT molecular complexity index is 750. The number of rotatable bonds is 2. The summed E-state index contributed by atoms with van der Waals surface area (Å²) < 4.78 is 15.1. The van der Waals surface area contributed by atoms with Gasteiger partial charge in [-0.15, -0.1) is 0 Å². The van der Waals surface area contributed by atoms with E-state index in [1.54, 1.807) is 12.4 Å². The number of aromatic nitrogens is 4. The SMILES string of the molecule is Cc1ccc(F)cc1Cn1cnc2c(N)ncnc21. The highest BCUT2D eigenvalue weighted by Gasteiger charge is 2.09. The molecule has 2 heterocycles. The molecule has 1 aromatic carbocycles. The van der Waals surface area contributed by atoms with Gasteiger partial charge in [0.1, 0.15) is 17.7 Å². The van der Waals surface area contributed by atoms with Crippen molar-refractivity contribution in [1.82, 2.24) is 19.5 Å². The Morgan fingerprint density at radius 1 is 1.26 bits per heavy atom. The fraction of sp³-hybridized carbons (Fsp3) is 0.154. The summed E-state index contributed by atoms with van der Waals surface area (Å²) in [4.78, 5) is 12.2. The fourth-order valence-electron chi connectivity index (χ4n) is 2.01. The molecule has 2 N–H and O–H groups in total. The lowest BCUT2D eigenvalue weighted by atomic mass is 10.1. The van der Waals surface area contributed by atoms with Gasteiger partial charge in [0.25, 0.3) is 0 Å². The van der Waals surface area contributed by atoms with Gasteiger partial charge in [-0.05, 0) is 30.2 Å². The first-order valence-electron chi connectivity index (χ1n) is 5.81. The van der Waals surface area contributed by atoms with Crippen molar-refractivity contribution in [2.24, 2.45) is 0 Å². The highest BCUT2D eigenvalue weighted by atomic mass is 19.1. The maximum Gasteiger partial charge on any atom is 0.165 e. The standard InChI is InChI=1S/C13H12FN5/c1-8-2-3-10(14)4-9(8)5-19-7-18-11-12(15)16-6-17-13(11)19/h2-4,6-7H,5H2,1H3,(H2,15,16,17). The predicted molar refractivity (Wildman–Crippen MR) is 70.0 cm³/mol. The third kappa shape index (κ3) is 2.01. The third-order valence-electron chi connectivity index (χ3n) is 3.08. The van der Waals surface area contributed by atoms with Crippen LogP contribution >= 0.6 is 0 Å². The summed E-state index contributed by atoms with van der Waals surface area (Å²) >= 11 is 0. The van der Waals surface area contributed by atoms with Crippen LogP contribution in [-0.4, -0.2) is 19.5 Å². The van der Waals surface area contributed by atoms with Gasteiger partial charge < -0.3 is 10.3 Å². The molecule has 0 aliphatic rings. The molecule has 0 aliphatic carbocycles. The molecule has 0 atom stereocenters. The lowest BCUT2D eigenvalue weighted by Gasteiger charge is -2.07. The van der Waals surface area contributed by atoms with Gasteiger partial charge in [-0.25, -0.2) is 19.3 Å². The molecule has 0 fully saturated rings. The molecule has 0 unspecified atom stereocenters. The lowest BCUT2D eigenvalue weighted by molar-refractivity contribution is 0.623. The average Bonchev–Trinajstić information content (AvgIpc) is 2.79. The molecule has 0 saturated carbocycles. The number of nitrogen functional groups attached to an aromatic ring is 1. The van der Waals surface area contributed by atoms with Crippen LogP contribution in [-0.2, 0) is 6.54 Å². The first kappa shape index (κ1) is 11.6. The molecule has 3 aromatic rings. The number of hydrogen-bond acceptors (Lipinski definition) is 4. The van der Waals surface area contributed by atoms with Crippen molar-refractivity contribution in [3.05, 3.63) is 47.8 Å². The van der Waals surface area contributed by atoms with Crippen molar-refractivity contribution >= 4 is 17.0 Å². The highest BCUT2D eigenvalue weighted by molar-refractivity contribution is 5.81. The molecule has 5 nitrogen and oxygen atoms in total. The minimum atomic E-state index is -0.251. The summed E-state index contributed by atoms with van der Waals surface area (Å²) in [5.41, 5.74) is 8.85. The van der Waals surface area contributed by atoms with E-state index in [0.717, 1.165) is 11.1 Å². The van der Waals surface area contributed by atoms with E-state index in [1.165, 1.54) is 18.5 Å². The Labute approximate surface area is 108 Å². The van der Waals surface area contributed by atoms with Crippen LogP contribution < -0.4 is 5.73 Å². The second kappa shape index (κ2) is 4.31. The lowest BCUT2D eigenvalue weighted by Crippen LogP contribution is -2.02. The summed E-state index contributed by atoms with van der Waals surface area (Å²) in [7, 11) is 0. The zero-order valence-corrected chi connectivity index (χ0v) is 10.3. The van der Waals surface area contributed by atoms with E-state index in [4.69, 9.17) is 5.73 Å². The number of nitrogens with zero attached hydrogens (tertiary/aromatic N) is 4. The number of benzene rings is 1. The van der Waals surface area contributed by atoms with E-state index in [2.05, 4.69) is 15.0 Å². The van der Waals surface area contributed by atoms with Crippen molar-refractivity contribution in [2.75, 3.05) is 5.73 Å². The summed E-state index contributed by atoms with van der Waals surface area (Å²) in [6, 6.07) is 4.73. The molecule has 96 valence electrons. The first-order valence-corrected chi connectivity index (χ1v) is 5.81. The van der Waals surface area contributed by atoms with Gasteiger partial charge in [-0.3, -0.25) is 0 Å². The van der Waals surface area contributed by atoms with Gasteiger partial charge in [-0.2, -0.15) is 0 Å². The summed E-state index contributed by atoms with van der Waals surface area (Å²) in [5, 5.41) is 0. The van der Waals surface area contributed by atoms with Gasteiger partial charge in [0, 0.05) is 0 Å². The van der Waals surface area contributed by atoms with Gasteiger partial charge in [0.2, 0.25) is 0 Å². The van der Waals surface area contributed by atoms with E-state index >= 15 is 0 Å². The van der Waals surface area contributed by atoms with Gasteiger partial charge >= 0.3 is 0 Å². The van der Waals surface area contributed by atoms with Crippen molar-refractivity contribution in [3.8, 4) is 0 Å². The van der Waals surface area contributed by atoms with Crippen LogP contribution in [0, 0.1) is 12.7 Å². The predicted octanol–water partition coefficient (Wildman–Crippen LogP) is 1.90. The molecule has 0 bridgehead atoms. The van der Waals surface area contributed by atoms with Gasteiger partial charge in [-0.1, -0.05) is 6.07 Å². The number of fused-ring (bicyclic) bond motifs is 1. The van der Waals surface area contributed by atoms with E-state index < -0.39 is 0 Å². The molecule has 0 spiro atoms. The largest absolute Gasteiger partial charge is 0.382 e. The van der Waals surface area contributed by atoms with E-state index in [9.17, 15) is 4.39 Å². The van der Waals surface area contributed by atoms with Crippen LogP contribution in [0.3, 0.4) is 0 Å². The van der Waals surface area contributed by atoms with Crippen molar-refractivity contribution < 1.29 is 4.39 Å². The van der Waals surface area contributed by atoms with E-state index in [1.807, 2.05) is 11.5 Å². The number of imidazole rings is 1. The summed E-state index contributed by atoms with van der Waals surface area (Å²) in [6.07, 6.45) is 3.04. The van der Waals surface area contributed by atoms with Crippen LogP contribution in [0.15, 0.2) is 30.9 Å². The second-order valence-electron chi connectivity index (χ2n) is 4.37. The monoisotopic (exact) mass is 257 g/mol. The topological polar surface area (TPSA) is 69.6 Å². The van der Waals surface area contributed by atoms with Crippen molar-refractivity contribution in [2.45, 2.75) is 13.5 Å². The number of hydrogen-bond donors (Lipinski definition) is 1. The van der Waals surface area contributed by atoms with Crippen molar-refractivity contribution in [1.29, 1.82) is 0 Å². The Kier molecular flexibility index (Phi) is 2.63. The smallest absolute Gasteiger partial charge is 0.165 e. The Hall–Kier alpha value is -2.50. The van der Waals surface area contributed by atoms with Crippen LogP contribution in [0.25, 0.3) is 11.2 Å². The van der Waals surface area contributed by atoms with E-state index in [-0.39, 0.29) is 5.82 Å². The maximum absolute atomic E-state index is 13.3. The zero-order valence-electron chi connectivity index (χ0n) is 10.3. The third-order valence-corrected chi connectivity index (χ3v) is 3.08. The number of anilines is 1. The number of nitrogens with two attached hydrogens (primary N) is 1. The maximum atomic E-state index is 13.3. The zero-order chi connectivity index (χ0) is 13.4. The number of aryl methyl sites for hydroxylation is 1. The number of halogens is 1. The van der Waals surface area contributed by atoms with Crippen molar-refractivity contribution in [3.63, 3.8) is 0 Å². The quantitative estimate of drug-likeness (QED) is 0.761. The van der Waals surface area contributed by atoms with Gasteiger partial charge in [0.05, 0.1) is 12.9 Å². The molecular formula is C13H12FN5. The highest BCUT2D eigenvalue weighted by Crippen LogP contribution is 2.17. The normalized spacial score (nSPS) is 11.1. The fourth-order valence-corrected chi connectivity index (χ4v) is 2.01. The Balaban J connectivity index is 2.06. The van der Waals surface area contributed by atoms with Crippen LogP contribution in [0.4, 0.5) is 10.2 Å². The van der Waals surface area contributed by atoms with Crippen LogP contribution in [0.5, 0.6) is 0 Å². The molecule has 0 radical (unpaired) electrons. The Morgan fingerprint density at radius 2 is 2.11 bits per heavy atom. The van der Waals surface area contributed by atoms with Gasteiger partial charge in [0.15, 0.2) is 11.5 Å². The minimum Gasteiger partial charge on any atom is -0.382 e. The van der Waals surface area contributed by atoms with Crippen LogP contribution in [0.1, 0.15) is 11.1 Å². The molecule has 3 rings (SSSR count). The second-order valence-corrected chi connectivity index (χ2v) is 4.37. The summed E-state index contributed by atoms with van der Waals surface area (Å²) in [6.45, 7) is 2.44. The molecule has 2 aromatic heterocycles. The van der Waals surface area contributed by atoms with Crippen LogP contribution in [0.2, 0.25) is 0 Å².